The Labute approximate surface area is 201 Å². The molecule has 0 heterocycles. The van der Waals surface area contributed by atoms with Crippen LogP contribution in [0.1, 0.15) is 43.7 Å². The Hall–Kier alpha value is -3.54. The Bertz CT molecular complexity index is 1080. The minimum absolute atomic E-state index is 0.111. The van der Waals surface area contributed by atoms with Gasteiger partial charge in [0.1, 0.15) is 18.1 Å². The van der Waals surface area contributed by atoms with Gasteiger partial charge in [0.25, 0.3) is 0 Å². The molecule has 2 amide bonds. The van der Waals surface area contributed by atoms with Gasteiger partial charge >= 0.3 is 0 Å². The number of hydrogen-bond acceptors (Lipinski definition) is 4. The van der Waals surface area contributed by atoms with E-state index in [-0.39, 0.29) is 17.7 Å². The summed E-state index contributed by atoms with van der Waals surface area (Å²) in [5, 5.41) is 2.75. The van der Waals surface area contributed by atoms with E-state index in [0.29, 0.717) is 25.4 Å². The highest BCUT2D eigenvalue weighted by Gasteiger charge is 2.33. The first-order valence-electron chi connectivity index (χ1n) is 11.8. The van der Waals surface area contributed by atoms with Crippen molar-refractivity contribution in [3.63, 3.8) is 0 Å². The van der Waals surface area contributed by atoms with Crippen molar-refractivity contribution in [2.75, 3.05) is 19.0 Å². The van der Waals surface area contributed by atoms with Gasteiger partial charge in [-0.25, -0.2) is 0 Å². The molecule has 1 fully saturated rings. The zero-order valence-corrected chi connectivity index (χ0v) is 19.9. The molecular formula is C28H32N2O4. The molecule has 0 spiro atoms. The van der Waals surface area contributed by atoms with Crippen LogP contribution in [0.25, 0.3) is 0 Å². The van der Waals surface area contributed by atoms with Crippen LogP contribution in [-0.4, -0.2) is 30.4 Å². The van der Waals surface area contributed by atoms with Crippen LogP contribution in [-0.2, 0) is 22.7 Å². The van der Waals surface area contributed by atoms with Crippen LogP contribution in [0, 0.1) is 5.92 Å². The summed E-state index contributed by atoms with van der Waals surface area (Å²) in [5.41, 5.74) is 3.90. The van der Waals surface area contributed by atoms with E-state index in [1.54, 1.807) is 19.2 Å². The Kier molecular flexibility index (Phi) is 7.68. The number of benzene rings is 2. The van der Waals surface area contributed by atoms with Gasteiger partial charge < -0.3 is 19.7 Å². The molecule has 6 heteroatoms. The fourth-order valence-corrected chi connectivity index (χ4v) is 4.07. The third kappa shape index (κ3) is 6.50. The molecule has 1 saturated carbocycles. The van der Waals surface area contributed by atoms with Gasteiger partial charge in [-0.3, -0.25) is 9.59 Å². The van der Waals surface area contributed by atoms with Gasteiger partial charge in [-0.05, 0) is 73.2 Å². The molecule has 2 aliphatic carbocycles. The number of amides is 2. The largest absolute Gasteiger partial charge is 0.496 e. The van der Waals surface area contributed by atoms with E-state index in [4.69, 9.17) is 9.47 Å². The standard InChI is InChI=1S/C28H32N2O4/c1-20(31)29-25-11-13-26(14-12-25)34-19-24-16-22(8-15-27(24)33-2)18-30(28(32)23-9-10-23)17-21-6-4-3-5-7-21/h4,6-8,11-16,23H,3,5,9-10,17-19H2,1-2H3,(H,29,31). The lowest BCUT2D eigenvalue weighted by atomic mass is 10.1. The lowest BCUT2D eigenvalue weighted by Gasteiger charge is -2.25. The van der Waals surface area contributed by atoms with Gasteiger partial charge in [-0.1, -0.05) is 24.3 Å². The average molecular weight is 461 g/mol. The van der Waals surface area contributed by atoms with Crippen LogP contribution in [0.5, 0.6) is 11.5 Å². The van der Waals surface area contributed by atoms with E-state index in [9.17, 15) is 9.59 Å². The van der Waals surface area contributed by atoms with Crippen molar-refractivity contribution < 1.29 is 19.1 Å². The molecule has 0 aliphatic heterocycles. The summed E-state index contributed by atoms with van der Waals surface area (Å²) in [6.07, 6.45) is 10.6. The number of rotatable bonds is 10. The molecule has 0 saturated heterocycles. The molecule has 2 aliphatic rings. The Morgan fingerprint density at radius 3 is 2.50 bits per heavy atom. The van der Waals surface area contributed by atoms with Gasteiger partial charge in [0.15, 0.2) is 0 Å². The average Bonchev–Trinajstić information content (AvgIpc) is 3.69. The number of allylic oxidation sites excluding steroid dienone is 2. The molecule has 6 nitrogen and oxygen atoms in total. The van der Waals surface area contributed by atoms with Crippen molar-refractivity contribution in [3.05, 3.63) is 77.4 Å². The van der Waals surface area contributed by atoms with Crippen LogP contribution in [0.15, 0.2) is 66.3 Å². The Morgan fingerprint density at radius 1 is 1.06 bits per heavy atom. The molecule has 4 rings (SSSR count). The van der Waals surface area contributed by atoms with Crippen molar-refractivity contribution in [1.82, 2.24) is 4.90 Å². The SMILES string of the molecule is COc1ccc(CN(CC2=CCCC=C2)C(=O)C2CC2)cc1COc1ccc(NC(C)=O)cc1. The van der Waals surface area contributed by atoms with Crippen molar-refractivity contribution in [1.29, 1.82) is 0 Å². The number of anilines is 1. The van der Waals surface area contributed by atoms with Crippen molar-refractivity contribution in [3.8, 4) is 11.5 Å². The van der Waals surface area contributed by atoms with Crippen molar-refractivity contribution >= 4 is 17.5 Å². The third-order valence-corrected chi connectivity index (χ3v) is 5.97. The highest BCUT2D eigenvalue weighted by atomic mass is 16.5. The van der Waals surface area contributed by atoms with E-state index >= 15 is 0 Å². The number of ether oxygens (including phenoxy) is 2. The maximum Gasteiger partial charge on any atom is 0.226 e. The first-order valence-corrected chi connectivity index (χ1v) is 11.8. The Morgan fingerprint density at radius 2 is 1.85 bits per heavy atom. The molecule has 2 aromatic rings. The molecule has 0 radical (unpaired) electrons. The van der Waals surface area contributed by atoms with Gasteiger partial charge in [-0.2, -0.15) is 0 Å². The lowest BCUT2D eigenvalue weighted by Crippen LogP contribution is -2.33. The van der Waals surface area contributed by atoms with Gasteiger partial charge in [0.2, 0.25) is 11.8 Å². The molecule has 178 valence electrons. The van der Waals surface area contributed by atoms with Crippen molar-refractivity contribution in [2.45, 2.75) is 45.8 Å². The number of nitrogens with zero attached hydrogens (tertiary/aromatic N) is 1. The molecule has 0 atom stereocenters. The predicted molar refractivity (Wildman–Crippen MR) is 133 cm³/mol. The normalized spacial score (nSPS) is 14.8. The van der Waals surface area contributed by atoms with E-state index in [0.717, 1.165) is 48.2 Å². The van der Waals surface area contributed by atoms with Gasteiger partial charge in [0, 0.05) is 37.2 Å². The highest BCUT2D eigenvalue weighted by Crippen LogP contribution is 2.32. The third-order valence-electron chi connectivity index (χ3n) is 5.97. The minimum atomic E-state index is -0.111. The zero-order valence-electron chi connectivity index (χ0n) is 19.9. The fourth-order valence-electron chi connectivity index (χ4n) is 4.07. The molecule has 0 aromatic heterocycles. The lowest BCUT2D eigenvalue weighted by molar-refractivity contribution is -0.132. The molecule has 34 heavy (non-hydrogen) atoms. The highest BCUT2D eigenvalue weighted by molar-refractivity contribution is 5.88. The summed E-state index contributed by atoms with van der Waals surface area (Å²) in [4.78, 5) is 26.2. The van der Waals surface area contributed by atoms with Crippen LogP contribution in [0.2, 0.25) is 0 Å². The zero-order chi connectivity index (χ0) is 23.9. The second kappa shape index (κ2) is 11.1. The van der Waals surface area contributed by atoms with Crippen LogP contribution in [0.3, 0.4) is 0 Å². The summed E-state index contributed by atoms with van der Waals surface area (Å²) in [6, 6.07) is 13.3. The fraction of sp³-hybridized carbons (Fsp3) is 0.357. The van der Waals surface area contributed by atoms with Gasteiger partial charge in [0.05, 0.1) is 7.11 Å². The second-order valence-electron chi connectivity index (χ2n) is 8.87. The molecule has 0 bridgehead atoms. The molecule has 2 aromatic carbocycles. The van der Waals surface area contributed by atoms with Crippen LogP contribution < -0.4 is 14.8 Å². The Balaban J connectivity index is 1.45. The van der Waals surface area contributed by atoms with Gasteiger partial charge in [-0.15, -0.1) is 0 Å². The smallest absolute Gasteiger partial charge is 0.226 e. The quantitative estimate of drug-likeness (QED) is 0.526. The van der Waals surface area contributed by atoms with Crippen LogP contribution >= 0.6 is 0 Å². The first-order chi connectivity index (χ1) is 16.5. The molecule has 0 unspecified atom stereocenters. The van der Waals surface area contributed by atoms with E-state index < -0.39 is 0 Å². The summed E-state index contributed by atoms with van der Waals surface area (Å²) >= 11 is 0. The molecule has 1 N–H and O–H groups in total. The van der Waals surface area contributed by atoms with E-state index in [1.807, 2.05) is 29.2 Å². The topological polar surface area (TPSA) is 67.9 Å². The molecular weight excluding hydrogens is 428 g/mol. The number of methoxy groups -OCH3 is 1. The number of nitrogens with one attached hydrogen (secondary N) is 1. The second-order valence-corrected chi connectivity index (χ2v) is 8.87. The maximum atomic E-state index is 13.0. The minimum Gasteiger partial charge on any atom is -0.496 e. The van der Waals surface area contributed by atoms with Crippen LogP contribution in [0.4, 0.5) is 5.69 Å². The first kappa shape index (κ1) is 23.6. The summed E-state index contributed by atoms with van der Waals surface area (Å²) in [7, 11) is 1.64. The predicted octanol–water partition coefficient (Wildman–Crippen LogP) is 5.25. The number of carbonyl (C=O) groups is 2. The van der Waals surface area contributed by atoms with Crippen molar-refractivity contribution in [2.24, 2.45) is 5.92 Å². The monoisotopic (exact) mass is 460 g/mol. The number of carbonyl (C=O) groups excluding carboxylic acids is 2. The summed E-state index contributed by atoms with van der Waals surface area (Å²) in [5.74, 6) is 1.75. The maximum absolute atomic E-state index is 13.0. The summed E-state index contributed by atoms with van der Waals surface area (Å²) in [6.45, 7) is 3.01. The number of hydrogen-bond donors (Lipinski definition) is 1. The van der Waals surface area contributed by atoms with E-state index in [2.05, 4.69) is 29.6 Å². The van der Waals surface area contributed by atoms with E-state index in [1.165, 1.54) is 12.5 Å². The summed E-state index contributed by atoms with van der Waals surface area (Å²) < 4.78 is 11.5.